The van der Waals surface area contributed by atoms with Gasteiger partial charge in [-0.05, 0) is 49.7 Å². The van der Waals surface area contributed by atoms with E-state index in [1.54, 1.807) is 37.3 Å². The van der Waals surface area contributed by atoms with Crippen LogP contribution in [0.1, 0.15) is 32.9 Å². The molecule has 6 nitrogen and oxygen atoms in total. The van der Waals surface area contributed by atoms with Crippen LogP contribution in [0, 0.1) is 13.8 Å². The number of aromatic nitrogens is 2. The van der Waals surface area contributed by atoms with Crippen molar-refractivity contribution in [3.05, 3.63) is 107 Å². The van der Waals surface area contributed by atoms with Gasteiger partial charge in [0.15, 0.2) is 11.5 Å². The normalized spacial score (nSPS) is 10.7. The van der Waals surface area contributed by atoms with Gasteiger partial charge in [0.1, 0.15) is 6.61 Å². The minimum absolute atomic E-state index is 0.0980. The topological polar surface area (TPSA) is 56.6 Å². The summed E-state index contributed by atoms with van der Waals surface area (Å²) in [7, 11) is 3.38. The Morgan fingerprint density at radius 3 is 2.29 bits per heavy atom. The molecular formula is C28H29N3O3. The molecule has 3 aromatic carbocycles. The fourth-order valence-electron chi connectivity index (χ4n) is 3.91. The Kier molecular flexibility index (Phi) is 6.97. The van der Waals surface area contributed by atoms with Crippen molar-refractivity contribution in [2.45, 2.75) is 27.0 Å². The molecule has 6 heteroatoms. The number of aryl methyl sites for hydroxylation is 1. The summed E-state index contributed by atoms with van der Waals surface area (Å²) in [6.45, 7) is 4.89. The van der Waals surface area contributed by atoms with Gasteiger partial charge in [0, 0.05) is 30.4 Å². The van der Waals surface area contributed by atoms with Gasteiger partial charge in [0.05, 0.1) is 18.5 Å². The van der Waals surface area contributed by atoms with E-state index in [1.807, 2.05) is 79.2 Å². The highest BCUT2D eigenvalue weighted by atomic mass is 16.5. The molecule has 0 saturated carbocycles. The van der Waals surface area contributed by atoms with Gasteiger partial charge in [0.25, 0.3) is 5.91 Å². The fraction of sp³-hybridized carbons (Fsp3) is 0.214. The maximum absolute atomic E-state index is 13.2. The molecule has 34 heavy (non-hydrogen) atoms. The molecule has 4 aromatic rings. The number of ether oxygens (including phenoxy) is 2. The smallest absolute Gasteiger partial charge is 0.254 e. The van der Waals surface area contributed by atoms with Crippen molar-refractivity contribution in [3.63, 3.8) is 0 Å². The van der Waals surface area contributed by atoms with Crippen LogP contribution in [0.25, 0.3) is 5.69 Å². The molecule has 0 radical (unpaired) electrons. The summed E-state index contributed by atoms with van der Waals surface area (Å²) in [4.78, 5) is 14.9. The van der Waals surface area contributed by atoms with E-state index in [0.29, 0.717) is 30.2 Å². The number of amides is 1. The Morgan fingerprint density at radius 1 is 0.941 bits per heavy atom. The van der Waals surface area contributed by atoms with E-state index in [-0.39, 0.29) is 5.91 Å². The van der Waals surface area contributed by atoms with Crippen LogP contribution in [0.3, 0.4) is 0 Å². The molecule has 0 bridgehead atoms. The van der Waals surface area contributed by atoms with Crippen molar-refractivity contribution >= 4 is 5.91 Å². The molecule has 1 heterocycles. The van der Waals surface area contributed by atoms with Gasteiger partial charge >= 0.3 is 0 Å². The van der Waals surface area contributed by atoms with Gasteiger partial charge in [0.2, 0.25) is 0 Å². The van der Waals surface area contributed by atoms with E-state index in [1.165, 1.54) is 0 Å². The fourth-order valence-corrected chi connectivity index (χ4v) is 3.91. The number of hydrogen-bond donors (Lipinski definition) is 0. The minimum atomic E-state index is -0.0980. The van der Waals surface area contributed by atoms with Crippen LogP contribution in [0.2, 0.25) is 0 Å². The first kappa shape index (κ1) is 23.1. The zero-order valence-corrected chi connectivity index (χ0v) is 20.0. The maximum Gasteiger partial charge on any atom is 0.254 e. The molecule has 0 saturated heterocycles. The molecule has 1 aromatic heterocycles. The molecule has 1 amide bonds. The molecule has 0 aliphatic carbocycles. The molecule has 0 unspecified atom stereocenters. The van der Waals surface area contributed by atoms with Crippen LogP contribution in [0.4, 0.5) is 0 Å². The van der Waals surface area contributed by atoms with Crippen LogP contribution in [0.5, 0.6) is 11.5 Å². The molecule has 174 valence electrons. The Bertz CT molecular complexity index is 1270. The number of carbonyl (C=O) groups is 1. The first-order valence-corrected chi connectivity index (χ1v) is 11.2. The SMILES string of the molecule is COc1cc(C(=O)N(C)Cc2c(C)nn(-c3ccccc3)c2C)ccc1OCc1ccccc1. The highest BCUT2D eigenvalue weighted by Crippen LogP contribution is 2.29. The summed E-state index contributed by atoms with van der Waals surface area (Å²) in [5, 5.41) is 4.69. The number of carbonyl (C=O) groups excluding carboxylic acids is 1. The average Bonchev–Trinajstić information content (AvgIpc) is 3.16. The molecule has 0 fully saturated rings. The van der Waals surface area contributed by atoms with Crippen molar-refractivity contribution in [1.29, 1.82) is 0 Å². The molecule has 0 atom stereocenters. The van der Waals surface area contributed by atoms with Crippen LogP contribution >= 0.6 is 0 Å². The van der Waals surface area contributed by atoms with Gasteiger partial charge < -0.3 is 14.4 Å². The summed E-state index contributed by atoms with van der Waals surface area (Å²) in [6, 6.07) is 25.2. The molecule has 0 spiro atoms. The first-order valence-electron chi connectivity index (χ1n) is 11.2. The lowest BCUT2D eigenvalue weighted by Crippen LogP contribution is -2.26. The van der Waals surface area contributed by atoms with Crippen LogP contribution in [-0.2, 0) is 13.2 Å². The average molecular weight is 456 g/mol. The molecule has 0 aliphatic heterocycles. The highest BCUT2D eigenvalue weighted by Gasteiger charge is 2.19. The van der Waals surface area contributed by atoms with E-state index >= 15 is 0 Å². The number of hydrogen-bond acceptors (Lipinski definition) is 4. The molecular weight excluding hydrogens is 426 g/mol. The van der Waals surface area contributed by atoms with Gasteiger partial charge in [-0.1, -0.05) is 48.5 Å². The number of benzene rings is 3. The zero-order chi connectivity index (χ0) is 24.1. The zero-order valence-electron chi connectivity index (χ0n) is 20.0. The summed E-state index contributed by atoms with van der Waals surface area (Å²) in [5.74, 6) is 1.03. The molecule has 4 rings (SSSR count). The molecule has 0 aliphatic rings. The van der Waals surface area contributed by atoms with E-state index in [9.17, 15) is 4.79 Å². The van der Waals surface area contributed by atoms with Crippen molar-refractivity contribution < 1.29 is 14.3 Å². The van der Waals surface area contributed by atoms with Crippen LogP contribution in [-0.4, -0.2) is 34.7 Å². The Morgan fingerprint density at radius 2 is 1.62 bits per heavy atom. The van der Waals surface area contributed by atoms with Crippen molar-refractivity contribution in [3.8, 4) is 17.2 Å². The van der Waals surface area contributed by atoms with Gasteiger partial charge in [-0.2, -0.15) is 5.10 Å². The quantitative estimate of drug-likeness (QED) is 0.359. The second-order valence-corrected chi connectivity index (χ2v) is 8.20. The lowest BCUT2D eigenvalue weighted by Gasteiger charge is -2.19. The second-order valence-electron chi connectivity index (χ2n) is 8.20. The largest absolute Gasteiger partial charge is 0.493 e. The van der Waals surface area contributed by atoms with E-state index < -0.39 is 0 Å². The monoisotopic (exact) mass is 455 g/mol. The Labute approximate surface area is 200 Å². The third kappa shape index (κ3) is 4.96. The molecule has 0 N–H and O–H groups in total. The van der Waals surface area contributed by atoms with Crippen molar-refractivity contribution in [2.24, 2.45) is 0 Å². The Balaban J connectivity index is 1.49. The highest BCUT2D eigenvalue weighted by molar-refractivity contribution is 5.94. The lowest BCUT2D eigenvalue weighted by atomic mass is 10.1. The van der Waals surface area contributed by atoms with E-state index in [0.717, 1.165) is 28.2 Å². The standard InChI is InChI=1S/C28H29N3O3/c1-20-25(21(2)31(29-20)24-13-9-6-10-14-24)18-30(3)28(32)23-15-16-26(27(17-23)33-4)34-19-22-11-7-5-8-12-22/h5-17H,18-19H2,1-4H3. The van der Waals surface area contributed by atoms with Crippen LogP contribution in [0.15, 0.2) is 78.9 Å². The summed E-state index contributed by atoms with van der Waals surface area (Å²) >= 11 is 0. The Hall–Kier alpha value is -4.06. The first-order chi connectivity index (χ1) is 16.5. The van der Waals surface area contributed by atoms with Crippen molar-refractivity contribution in [2.75, 3.05) is 14.2 Å². The predicted molar refractivity (Wildman–Crippen MR) is 133 cm³/mol. The summed E-state index contributed by atoms with van der Waals surface area (Å²) in [6.07, 6.45) is 0. The number of nitrogens with zero attached hydrogens (tertiary/aromatic N) is 3. The summed E-state index contributed by atoms with van der Waals surface area (Å²) < 4.78 is 13.3. The predicted octanol–water partition coefficient (Wildman–Crippen LogP) is 5.35. The number of rotatable bonds is 8. The van der Waals surface area contributed by atoms with Crippen LogP contribution < -0.4 is 9.47 Å². The number of para-hydroxylation sites is 1. The van der Waals surface area contributed by atoms with Crippen molar-refractivity contribution in [1.82, 2.24) is 14.7 Å². The maximum atomic E-state index is 13.2. The van der Waals surface area contributed by atoms with E-state index in [2.05, 4.69) is 0 Å². The lowest BCUT2D eigenvalue weighted by molar-refractivity contribution is 0.0784. The third-order valence-electron chi connectivity index (χ3n) is 5.83. The van der Waals surface area contributed by atoms with Gasteiger partial charge in [-0.25, -0.2) is 4.68 Å². The van der Waals surface area contributed by atoms with Gasteiger partial charge in [-0.15, -0.1) is 0 Å². The third-order valence-corrected chi connectivity index (χ3v) is 5.83. The van der Waals surface area contributed by atoms with E-state index in [4.69, 9.17) is 14.6 Å². The van der Waals surface area contributed by atoms with Gasteiger partial charge in [-0.3, -0.25) is 4.79 Å². The number of methoxy groups -OCH3 is 1. The summed E-state index contributed by atoms with van der Waals surface area (Å²) in [5.41, 5.74) is 5.56. The second kappa shape index (κ2) is 10.3. The minimum Gasteiger partial charge on any atom is -0.493 e.